The topological polar surface area (TPSA) is 62.1 Å². The molecule has 0 bridgehead atoms. The number of hydrogen-bond donors (Lipinski definition) is 2. The van der Waals surface area contributed by atoms with Gasteiger partial charge in [-0.3, -0.25) is 4.79 Å². The van der Waals surface area contributed by atoms with Crippen LogP contribution in [0.3, 0.4) is 0 Å². The van der Waals surface area contributed by atoms with Crippen LogP contribution >= 0.6 is 0 Å². The van der Waals surface area contributed by atoms with Crippen LogP contribution in [-0.2, 0) is 24.2 Å². The summed E-state index contributed by atoms with van der Waals surface area (Å²) < 4.78 is 0. The Kier molecular flexibility index (Phi) is 3.82. The standard InChI is InChI=1S/C20H21N3O/c21-15-6-8-19-17(10-15)18-11-16(7-9-20(18)22-19)23(13-24)12-14-4-2-1-3-5-14/h1-5,7,9,11,13,15,22H,6,8,10,12,21H2. The average molecular weight is 319 g/mol. The minimum Gasteiger partial charge on any atom is -0.358 e. The highest BCUT2D eigenvalue weighted by molar-refractivity contribution is 5.90. The van der Waals surface area contributed by atoms with Gasteiger partial charge in [-0.15, -0.1) is 0 Å². The number of carbonyl (C=O) groups is 1. The van der Waals surface area contributed by atoms with E-state index in [1.165, 1.54) is 16.6 Å². The molecule has 1 aromatic heterocycles. The van der Waals surface area contributed by atoms with Crippen LogP contribution in [0.4, 0.5) is 5.69 Å². The van der Waals surface area contributed by atoms with E-state index in [0.29, 0.717) is 6.54 Å². The SMILES string of the molecule is NC1CCc2[nH]c3ccc(N(C=O)Cc4ccccc4)cc3c2C1. The van der Waals surface area contributed by atoms with Crippen molar-refractivity contribution < 1.29 is 4.79 Å². The zero-order chi connectivity index (χ0) is 16.5. The van der Waals surface area contributed by atoms with E-state index in [2.05, 4.69) is 17.1 Å². The van der Waals surface area contributed by atoms with Crippen molar-refractivity contribution in [2.45, 2.75) is 31.8 Å². The summed E-state index contributed by atoms with van der Waals surface area (Å²) in [6, 6.07) is 16.4. The fraction of sp³-hybridized carbons (Fsp3) is 0.250. The fourth-order valence-electron chi connectivity index (χ4n) is 3.58. The Morgan fingerprint density at radius 1 is 1.21 bits per heavy atom. The maximum atomic E-state index is 11.6. The molecule has 24 heavy (non-hydrogen) atoms. The molecule has 0 radical (unpaired) electrons. The molecule has 0 fully saturated rings. The number of H-pyrrole nitrogens is 1. The lowest BCUT2D eigenvalue weighted by molar-refractivity contribution is -0.107. The predicted molar refractivity (Wildman–Crippen MR) is 97.0 cm³/mol. The highest BCUT2D eigenvalue weighted by atomic mass is 16.1. The Hall–Kier alpha value is -2.59. The molecule has 2 aromatic carbocycles. The summed E-state index contributed by atoms with van der Waals surface area (Å²) in [5.41, 5.74) is 11.9. The predicted octanol–water partition coefficient (Wildman–Crippen LogP) is 3.15. The monoisotopic (exact) mass is 319 g/mol. The first-order chi connectivity index (χ1) is 11.7. The molecule has 1 heterocycles. The van der Waals surface area contributed by atoms with Gasteiger partial charge in [0.25, 0.3) is 0 Å². The van der Waals surface area contributed by atoms with E-state index < -0.39 is 0 Å². The average Bonchev–Trinajstić information content (AvgIpc) is 2.97. The quantitative estimate of drug-likeness (QED) is 0.726. The molecule has 4 nitrogen and oxygen atoms in total. The van der Waals surface area contributed by atoms with Crippen LogP contribution in [0, 0.1) is 0 Å². The third-order valence-corrected chi connectivity index (χ3v) is 4.86. The third-order valence-electron chi connectivity index (χ3n) is 4.86. The molecule has 1 aliphatic rings. The number of aromatic amines is 1. The molecule has 0 saturated carbocycles. The van der Waals surface area contributed by atoms with E-state index in [-0.39, 0.29) is 6.04 Å². The number of nitrogens with two attached hydrogens (primary N) is 1. The summed E-state index contributed by atoms with van der Waals surface area (Å²) in [6.07, 6.45) is 3.83. The molecule has 1 aliphatic carbocycles. The van der Waals surface area contributed by atoms with Crippen molar-refractivity contribution in [1.29, 1.82) is 0 Å². The first-order valence-corrected chi connectivity index (χ1v) is 8.39. The van der Waals surface area contributed by atoms with E-state index >= 15 is 0 Å². The number of rotatable bonds is 4. The molecule has 0 spiro atoms. The second-order valence-electron chi connectivity index (χ2n) is 6.53. The van der Waals surface area contributed by atoms with Crippen molar-refractivity contribution in [2.75, 3.05) is 4.90 Å². The van der Waals surface area contributed by atoms with E-state index in [1.54, 1.807) is 4.90 Å². The van der Waals surface area contributed by atoms with Crippen molar-refractivity contribution >= 4 is 23.0 Å². The maximum Gasteiger partial charge on any atom is 0.214 e. The Morgan fingerprint density at radius 2 is 2.04 bits per heavy atom. The van der Waals surface area contributed by atoms with Gasteiger partial charge in [0.2, 0.25) is 6.41 Å². The van der Waals surface area contributed by atoms with Crippen molar-refractivity contribution in [2.24, 2.45) is 5.73 Å². The maximum absolute atomic E-state index is 11.6. The Morgan fingerprint density at radius 3 is 2.83 bits per heavy atom. The van der Waals surface area contributed by atoms with E-state index in [0.717, 1.165) is 42.4 Å². The van der Waals surface area contributed by atoms with Gasteiger partial charge in [0, 0.05) is 28.3 Å². The highest BCUT2D eigenvalue weighted by Crippen LogP contribution is 2.31. The van der Waals surface area contributed by atoms with Gasteiger partial charge in [0.15, 0.2) is 0 Å². The fourth-order valence-corrected chi connectivity index (χ4v) is 3.58. The van der Waals surface area contributed by atoms with Gasteiger partial charge >= 0.3 is 0 Å². The van der Waals surface area contributed by atoms with Crippen molar-refractivity contribution in [3.8, 4) is 0 Å². The van der Waals surface area contributed by atoms with E-state index in [1.807, 2.05) is 36.4 Å². The van der Waals surface area contributed by atoms with E-state index in [9.17, 15) is 4.79 Å². The van der Waals surface area contributed by atoms with Gasteiger partial charge in [-0.25, -0.2) is 0 Å². The lowest BCUT2D eigenvalue weighted by atomic mass is 9.92. The molecule has 4 heteroatoms. The molecular weight excluding hydrogens is 298 g/mol. The molecule has 4 rings (SSSR count). The number of fused-ring (bicyclic) bond motifs is 3. The van der Waals surface area contributed by atoms with E-state index in [4.69, 9.17) is 5.73 Å². The van der Waals surface area contributed by atoms with Gasteiger partial charge in [-0.2, -0.15) is 0 Å². The number of aryl methyl sites for hydroxylation is 1. The Labute approximate surface area is 141 Å². The second-order valence-corrected chi connectivity index (χ2v) is 6.53. The zero-order valence-corrected chi connectivity index (χ0v) is 13.5. The third kappa shape index (κ3) is 2.69. The number of amides is 1. The highest BCUT2D eigenvalue weighted by Gasteiger charge is 2.20. The second kappa shape index (κ2) is 6.13. The molecular formula is C20H21N3O. The minimum absolute atomic E-state index is 0.228. The number of nitrogens with one attached hydrogen (secondary N) is 1. The van der Waals surface area contributed by atoms with Gasteiger partial charge in [0.1, 0.15) is 0 Å². The smallest absolute Gasteiger partial charge is 0.214 e. The molecule has 3 aromatic rings. The van der Waals surface area contributed by atoms with Crippen molar-refractivity contribution in [3.63, 3.8) is 0 Å². The van der Waals surface area contributed by atoms with Crippen LogP contribution in [-0.4, -0.2) is 17.4 Å². The first-order valence-electron chi connectivity index (χ1n) is 8.39. The van der Waals surface area contributed by atoms with Crippen LogP contribution in [0.2, 0.25) is 0 Å². The summed E-state index contributed by atoms with van der Waals surface area (Å²) in [7, 11) is 0. The number of nitrogens with zero attached hydrogens (tertiary/aromatic N) is 1. The normalized spacial score (nSPS) is 16.8. The zero-order valence-electron chi connectivity index (χ0n) is 13.5. The number of hydrogen-bond acceptors (Lipinski definition) is 2. The molecule has 1 atom stereocenters. The Balaban J connectivity index is 1.71. The van der Waals surface area contributed by atoms with Crippen LogP contribution < -0.4 is 10.6 Å². The lowest BCUT2D eigenvalue weighted by Crippen LogP contribution is -2.27. The van der Waals surface area contributed by atoms with Crippen LogP contribution in [0.25, 0.3) is 10.9 Å². The molecule has 3 N–H and O–H groups in total. The molecule has 122 valence electrons. The van der Waals surface area contributed by atoms with Gasteiger partial charge in [-0.05, 0) is 48.6 Å². The number of benzene rings is 2. The Bertz CT molecular complexity index is 869. The van der Waals surface area contributed by atoms with Crippen LogP contribution in [0.1, 0.15) is 23.2 Å². The summed E-state index contributed by atoms with van der Waals surface area (Å²) in [5, 5.41) is 1.19. The molecule has 0 saturated heterocycles. The largest absolute Gasteiger partial charge is 0.358 e. The molecule has 1 amide bonds. The van der Waals surface area contributed by atoms with Gasteiger partial charge < -0.3 is 15.6 Å². The summed E-state index contributed by atoms with van der Waals surface area (Å²) in [5.74, 6) is 0. The van der Waals surface area contributed by atoms with Crippen LogP contribution in [0.5, 0.6) is 0 Å². The summed E-state index contributed by atoms with van der Waals surface area (Å²) in [6.45, 7) is 0.571. The summed E-state index contributed by atoms with van der Waals surface area (Å²) in [4.78, 5) is 16.9. The lowest BCUT2D eigenvalue weighted by Gasteiger charge is -2.19. The van der Waals surface area contributed by atoms with Crippen LogP contribution in [0.15, 0.2) is 48.5 Å². The number of carbonyl (C=O) groups excluding carboxylic acids is 1. The first kappa shape index (κ1) is 15.0. The molecule has 0 aliphatic heterocycles. The van der Waals surface area contributed by atoms with Crippen molar-refractivity contribution in [1.82, 2.24) is 4.98 Å². The number of anilines is 1. The minimum atomic E-state index is 0.228. The van der Waals surface area contributed by atoms with Gasteiger partial charge in [-0.1, -0.05) is 30.3 Å². The van der Waals surface area contributed by atoms with Crippen molar-refractivity contribution in [3.05, 3.63) is 65.4 Å². The number of aromatic nitrogens is 1. The van der Waals surface area contributed by atoms with Gasteiger partial charge in [0.05, 0.1) is 6.54 Å². The summed E-state index contributed by atoms with van der Waals surface area (Å²) >= 11 is 0. The molecule has 1 unspecified atom stereocenters.